The lowest BCUT2D eigenvalue weighted by Gasteiger charge is -2.26. The van der Waals surface area contributed by atoms with Crippen molar-refractivity contribution in [3.05, 3.63) is 60.3 Å². The van der Waals surface area contributed by atoms with Gasteiger partial charge in [-0.25, -0.2) is 5.43 Å². The number of hydrogen-bond donors (Lipinski definition) is 1. The van der Waals surface area contributed by atoms with Gasteiger partial charge in [0.25, 0.3) is 11.8 Å². The Kier molecular flexibility index (Phi) is 8.08. The molecule has 1 saturated heterocycles. The van der Waals surface area contributed by atoms with Gasteiger partial charge in [-0.2, -0.15) is 5.10 Å². The van der Waals surface area contributed by atoms with Crippen LogP contribution in [-0.2, 0) is 14.3 Å². The molecule has 35 heavy (non-hydrogen) atoms. The summed E-state index contributed by atoms with van der Waals surface area (Å²) in [5.41, 5.74) is 3.79. The van der Waals surface area contributed by atoms with Crippen molar-refractivity contribution in [3.8, 4) is 17.2 Å². The number of aromatic nitrogens is 1. The van der Waals surface area contributed by atoms with E-state index in [1.807, 2.05) is 24.3 Å². The molecule has 1 aromatic heterocycles. The Morgan fingerprint density at radius 3 is 2.69 bits per heavy atom. The van der Waals surface area contributed by atoms with E-state index in [0.717, 1.165) is 5.39 Å². The number of carbonyl (C=O) groups is 2. The lowest BCUT2D eigenvalue weighted by molar-refractivity contribution is -0.137. The summed E-state index contributed by atoms with van der Waals surface area (Å²) in [5.74, 6) is 0.886. The molecule has 10 nitrogen and oxygen atoms in total. The third-order valence-electron chi connectivity index (χ3n) is 5.26. The Hall–Kier alpha value is -4.18. The molecule has 4 rings (SSSR count). The molecular weight excluding hydrogens is 452 g/mol. The summed E-state index contributed by atoms with van der Waals surface area (Å²) in [6.07, 6.45) is 3.15. The smallest absolute Gasteiger partial charge is 0.277 e. The normalized spacial score (nSPS) is 13.6. The molecule has 0 bridgehead atoms. The highest BCUT2D eigenvalue weighted by Crippen LogP contribution is 2.27. The minimum Gasteiger partial charge on any atom is -0.493 e. The van der Waals surface area contributed by atoms with Gasteiger partial charge in [-0.15, -0.1) is 0 Å². The highest BCUT2D eigenvalue weighted by molar-refractivity contribution is 5.86. The average Bonchev–Trinajstić information content (AvgIpc) is 2.91. The molecule has 2 amide bonds. The number of carbonyl (C=O) groups excluding carboxylic acids is 2. The van der Waals surface area contributed by atoms with Gasteiger partial charge in [-0.3, -0.25) is 14.6 Å². The number of rotatable bonds is 9. The van der Waals surface area contributed by atoms with Crippen molar-refractivity contribution in [2.24, 2.45) is 5.10 Å². The summed E-state index contributed by atoms with van der Waals surface area (Å²) in [4.78, 5) is 30.4. The van der Waals surface area contributed by atoms with E-state index >= 15 is 0 Å². The van der Waals surface area contributed by atoms with Gasteiger partial charge in [0.1, 0.15) is 11.3 Å². The Bertz CT molecular complexity index is 1200. The molecule has 182 valence electrons. The highest BCUT2D eigenvalue weighted by Gasteiger charge is 2.18. The van der Waals surface area contributed by atoms with E-state index < -0.39 is 5.91 Å². The second-order valence-electron chi connectivity index (χ2n) is 7.61. The number of amides is 2. The maximum atomic E-state index is 12.3. The van der Waals surface area contributed by atoms with Gasteiger partial charge in [0.05, 0.1) is 26.5 Å². The van der Waals surface area contributed by atoms with Crippen LogP contribution in [0.4, 0.5) is 0 Å². The number of para-hydroxylation sites is 1. The lowest BCUT2D eigenvalue weighted by atomic mass is 10.2. The molecule has 2 heterocycles. The van der Waals surface area contributed by atoms with Gasteiger partial charge in [-0.05, 0) is 35.9 Å². The van der Waals surface area contributed by atoms with Crippen molar-refractivity contribution in [1.82, 2.24) is 15.3 Å². The van der Waals surface area contributed by atoms with Crippen LogP contribution in [0.5, 0.6) is 17.2 Å². The van der Waals surface area contributed by atoms with Crippen molar-refractivity contribution >= 4 is 28.9 Å². The van der Waals surface area contributed by atoms with E-state index in [2.05, 4.69) is 15.5 Å². The van der Waals surface area contributed by atoms with Crippen molar-refractivity contribution in [3.63, 3.8) is 0 Å². The monoisotopic (exact) mass is 478 g/mol. The zero-order valence-electron chi connectivity index (χ0n) is 19.3. The topological polar surface area (TPSA) is 112 Å². The van der Waals surface area contributed by atoms with Crippen LogP contribution < -0.4 is 19.6 Å². The number of hydrogen-bond acceptors (Lipinski definition) is 8. The standard InChI is InChI=1S/C25H26N4O6/c1-32-22-14-18(7-8-20(22)35-17-24(31)29-10-12-33-13-11-29)15-27-28-23(30)16-34-21-6-2-4-19-5-3-9-26-25(19)21/h2-9,14-15H,10-13,16-17H2,1H3,(H,28,30)/b27-15-. The van der Waals surface area contributed by atoms with Gasteiger partial charge in [-0.1, -0.05) is 18.2 Å². The lowest BCUT2D eigenvalue weighted by Crippen LogP contribution is -2.43. The molecule has 2 aromatic carbocycles. The van der Waals surface area contributed by atoms with Crippen LogP contribution in [0.1, 0.15) is 5.56 Å². The van der Waals surface area contributed by atoms with Gasteiger partial charge in [0.15, 0.2) is 24.7 Å². The van der Waals surface area contributed by atoms with Crippen molar-refractivity contribution < 1.29 is 28.5 Å². The summed E-state index contributed by atoms with van der Waals surface area (Å²) >= 11 is 0. The minimum atomic E-state index is -0.414. The number of pyridine rings is 1. The summed E-state index contributed by atoms with van der Waals surface area (Å²) < 4.78 is 21.9. The SMILES string of the molecule is COc1cc(/C=N\NC(=O)COc2cccc3cccnc23)ccc1OCC(=O)N1CCOCC1. The van der Waals surface area contributed by atoms with Crippen LogP contribution in [0.2, 0.25) is 0 Å². The molecule has 0 radical (unpaired) electrons. The van der Waals surface area contributed by atoms with Crippen LogP contribution in [0.3, 0.4) is 0 Å². The number of fused-ring (bicyclic) bond motifs is 1. The van der Waals surface area contributed by atoms with E-state index in [0.29, 0.717) is 54.6 Å². The fourth-order valence-corrected chi connectivity index (χ4v) is 3.47. The predicted molar refractivity (Wildman–Crippen MR) is 129 cm³/mol. The Morgan fingerprint density at radius 2 is 1.86 bits per heavy atom. The summed E-state index contributed by atoms with van der Waals surface area (Å²) in [6, 6.07) is 14.4. The molecule has 1 N–H and O–H groups in total. The fraction of sp³-hybridized carbons (Fsp3) is 0.280. The number of methoxy groups -OCH3 is 1. The predicted octanol–water partition coefficient (Wildman–Crippen LogP) is 2.01. The van der Waals surface area contributed by atoms with Gasteiger partial charge < -0.3 is 23.8 Å². The molecule has 3 aromatic rings. The molecule has 0 atom stereocenters. The number of ether oxygens (including phenoxy) is 4. The molecule has 1 aliphatic heterocycles. The molecule has 0 unspecified atom stereocenters. The largest absolute Gasteiger partial charge is 0.493 e. The second kappa shape index (κ2) is 11.8. The van der Waals surface area contributed by atoms with Crippen molar-refractivity contribution in [2.45, 2.75) is 0 Å². The summed E-state index contributed by atoms with van der Waals surface area (Å²) in [5, 5.41) is 4.89. The first-order chi connectivity index (χ1) is 17.1. The molecule has 1 fully saturated rings. The maximum Gasteiger partial charge on any atom is 0.277 e. The summed E-state index contributed by atoms with van der Waals surface area (Å²) in [7, 11) is 1.51. The van der Waals surface area contributed by atoms with Crippen LogP contribution in [-0.4, -0.2) is 74.5 Å². The van der Waals surface area contributed by atoms with Crippen LogP contribution in [0, 0.1) is 0 Å². The first kappa shape index (κ1) is 24.0. The summed E-state index contributed by atoms with van der Waals surface area (Å²) in [6.45, 7) is 1.89. The van der Waals surface area contributed by atoms with Gasteiger partial charge in [0, 0.05) is 24.7 Å². The Morgan fingerprint density at radius 1 is 1.06 bits per heavy atom. The molecule has 0 aliphatic carbocycles. The van der Waals surface area contributed by atoms with Crippen LogP contribution in [0.25, 0.3) is 10.9 Å². The zero-order chi connectivity index (χ0) is 24.5. The van der Waals surface area contributed by atoms with E-state index in [1.54, 1.807) is 35.4 Å². The number of benzene rings is 2. The van der Waals surface area contributed by atoms with Crippen molar-refractivity contribution in [1.29, 1.82) is 0 Å². The quantitative estimate of drug-likeness (QED) is 0.370. The Labute approximate surface area is 202 Å². The number of morpholine rings is 1. The van der Waals surface area contributed by atoms with E-state index in [4.69, 9.17) is 18.9 Å². The third-order valence-corrected chi connectivity index (χ3v) is 5.26. The minimum absolute atomic E-state index is 0.0912. The third kappa shape index (κ3) is 6.45. The van der Waals surface area contributed by atoms with E-state index in [-0.39, 0.29) is 19.1 Å². The van der Waals surface area contributed by atoms with Crippen molar-refractivity contribution in [2.75, 3.05) is 46.6 Å². The number of nitrogens with zero attached hydrogens (tertiary/aromatic N) is 3. The first-order valence-electron chi connectivity index (χ1n) is 11.1. The second-order valence-corrected chi connectivity index (χ2v) is 7.61. The van der Waals surface area contributed by atoms with Gasteiger partial charge >= 0.3 is 0 Å². The Balaban J connectivity index is 1.28. The highest BCUT2D eigenvalue weighted by atomic mass is 16.5. The van der Waals surface area contributed by atoms with Gasteiger partial charge in [0.2, 0.25) is 0 Å². The average molecular weight is 479 g/mol. The number of nitrogens with one attached hydrogen (secondary N) is 1. The van der Waals surface area contributed by atoms with E-state index in [1.165, 1.54) is 13.3 Å². The molecule has 1 aliphatic rings. The molecule has 0 saturated carbocycles. The molecular formula is C25H26N4O6. The number of hydrazone groups is 1. The fourth-order valence-electron chi connectivity index (χ4n) is 3.47. The molecule has 10 heteroatoms. The van der Waals surface area contributed by atoms with E-state index in [9.17, 15) is 9.59 Å². The maximum absolute atomic E-state index is 12.3. The van der Waals surface area contributed by atoms with Crippen LogP contribution in [0.15, 0.2) is 59.8 Å². The molecule has 0 spiro atoms. The first-order valence-corrected chi connectivity index (χ1v) is 11.1. The zero-order valence-corrected chi connectivity index (χ0v) is 19.3. The van der Waals surface area contributed by atoms with Crippen LogP contribution >= 0.6 is 0 Å².